The molecule has 0 aliphatic carbocycles. The van der Waals surface area contributed by atoms with Gasteiger partial charge in [-0.3, -0.25) is 4.79 Å². The Hall–Kier alpha value is -1.44. The van der Waals surface area contributed by atoms with Gasteiger partial charge >= 0.3 is 16.1 Å². The zero-order valence-electron chi connectivity index (χ0n) is 12.7. The van der Waals surface area contributed by atoms with Crippen molar-refractivity contribution in [1.82, 2.24) is 5.48 Å². The Morgan fingerprint density at radius 2 is 1.76 bits per heavy atom. The molecule has 0 amide bonds. The molecule has 6 nitrogen and oxygen atoms in total. The molecule has 0 spiro atoms. The van der Waals surface area contributed by atoms with Crippen LogP contribution in [-0.4, -0.2) is 26.5 Å². The average Bonchev–Trinajstić information content (AvgIpc) is 2.33. The molecule has 0 aliphatic heterocycles. The van der Waals surface area contributed by atoms with Gasteiger partial charge in [0.2, 0.25) is 0 Å². The van der Waals surface area contributed by atoms with Gasteiger partial charge in [-0.15, -0.1) is 0 Å². The molecule has 1 aromatic rings. The third-order valence-electron chi connectivity index (χ3n) is 2.33. The van der Waals surface area contributed by atoms with Gasteiger partial charge < -0.3 is 4.74 Å². The van der Waals surface area contributed by atoms with Crippen molar-refractivity contribution in [2.45, 2.75) is 44.6 Å². The number of hydrogen-bond acceptors (Lipinski definition) is 6. The summed E-state index contributed by atoms with van der Waals surface area (Å²) in [4.78, 5) is 11.5. The number of carbonyl (C=O) groups is 1. The molecule has 0 saturated heterocycles. The lowest BCUT2D eigenvalue weighted by atomic mass is 10.2. The second-order valence-electron chi connectivity index (χ2n) is 5.58. The first-order valence-corrected chi connectivity index (χ1v) is 7.96. The Labute approximate surface area is 125 Å². The minimum Gasteiger partial charge on any atom is -0.460 e. The Balaban J connectivity index is 2.41. The first kappa shape index (κ1) is 17.6. The summed E-state index contributed by atoms with van der Waals surface area (Å²) in [5.74, 6) is -0.425. The number of rotatable bonds is 6. The molecule has 118 valence electrons. The van der Waals surface area contributed by atoms with E-state index in [0.29, 0.717) is 0 Å². The third-order valence-corrected chi connectivity index (χ3v) is 3.52. The van der Waals surface area contributed by atoms with E-state index in [2.05, 4.69) is 9.76 Å². The van der Waals surface area contributed by atoms with Crippen molar-refractivity contribution in [3.8, 4) is 0 Å². The number of benzene rings is 1. The highest BCUT2D eigenvalue weighted by atomic mass is 32.2. The topological polar surface area (TPSA) is 81.7 Å². The molecule has 0 unspecified atom stereocenters. The number of aryl methyl sites for hydroxylation is 1. The van der Waals surface area contributed by atoms with Crippen LogP contribution in [-0.2, 0) is 23.9 Å². The third kappa shape index (κ3) is 6.70. The molecule has 0 radical (unpaired) electrons. The van der Waals surface area contributed by atoms with Gasteiger partial charge in [0, 0.05) is 6.54 Å². The van der Waals surface area contributed by atoms with Gasteiger partial charge in [-0.05, 0) is 39.8 Å². The van der Waals surface area contributed by atoms with E-state index in [1.54, 1.807) is 32.9 Å². The lowest BCUT2D eigenvalue weighted by Gasteiger charge is -2.19. The van der Waals surface area contributed by atoms with Crippen molar-refractivity contribution in [1.29, 1.82) is 0 Å². The lowest BCUT2D eigenvalue weighted by Crippen LogP contribution is -2.28. The van der Waals surface area contributed by atoms with E-state index in [4.69, 9.17) is 4.74 Å². The predicted molar refractivity (Wildman–Crippen MR) is 77.9 cm³/mol. The molecule has 0 atom stereocenters. The smallest absolute Gasteiger partial charge is 0.312 e. The van der Waals surface area contributed by atoms with Crippen LogP contribution in [0.1, 0.15) is 32.8 Å². The SMILES string of the molecule is Cc1ccc(S(=O)(=O)ONCCC(=O)OC(C)(C)C)cc1. The van der Waals surface area contributed by atoms with Crippen molar-refractivity contribution in [3.05, 3.63) is 29.8 Å². The van der Waals surface area contributed by atoms with Crippen molar-refractivity contribution in [2.24, 2.45) is 0 Å². The molecule has 0 aromatic heterocycles. The number of esters is 1. The van der Waals surface area contributed by atoms with Gasteiger partial charge in [-0.25, -0.2) is 0 Å². The maximum absolute atomic E-state index is 11.8. The summed E-state index contributed by atoms with van der Waals surface area (Å²) < 4.78 is 33.4. The maximum Gasteiger partial charge on any atom is 0.312 e. The van der Waals surface area contributed by atoms with Gasteiger partial charge in [-0.1, -0.05) is 17.7 Å². The van der Waals surface area contributed by atoms with Crippen LogP contribution in [0.2, 0.25) is 0 Å². The molecular weight excluding hydrogens is 294 g/mol. The first-order chi connectivity index (χ1) is 9.60. The zero-order chi connectivity index (χ0) is 16.1. The molecule has 7 heteroatoms. The number of carbonyl (C=O) groups excluding carboxylic acids is 1. The Morgan fingerprint density at radius 3 is 2.29 bits per heavy atom. The van der Waals surface area contributed by atoms with E-state index < -0.39 is 21.7 Å². The molecule has 1 N–H and O–H groups in total. The highest BCUT2D eigenvalue weighted by Gasteiger charge is 2.17. The number of ether oxygens (including phenoxy) is 1. The summed E-state index contributed by atoms with van der Waals surface area (Å²) in [6.07, 6.45) is 0.0146. The van der Waals surface area contributed by atoms with E-state index >= 15 is 0 Å². The number of hydrogen-bond donors (Lipinski definition) is 1. The minimum absolute atomic E-state index is 0.0146. The van der Waals surface area contributed by atoms with E-state index in [9.17, 15) is 13.2 Å². The van der Waals surface area contributed by atoms with Gasteiger partial charge in [0.1, 0.15) is 5.60 Å². The molecule has 1 rings (SSSR count). The van der Waals surface area contributed by atoms with Crippen LogP contribution >= 0.6 is 0 Å². The van der Waals surface area contributed by atoms with Gasteiger partial charge in [0.25, 0.3) is 0 Å². The van der Waals surface area contributed by atoms with Crippen LogP contribution < -0.4 is 5.48 Å². The highest BCUT2D eigenvalue weighted by Crippen LogP contribution is 2.12. The Bertz CT molecular complexity index is 572. The van der Waals surface area contributed by atoms with Crippen LogP contribution in [0, 0.1) is 6.92 Å². The normalized spacial score (nSPS) is 12.2. The predicted octanol–water partition coefficient (Wildman–Crippen LogP) is 1.94. The average molecular weight is 315 g/mol. The molecule has 0 saturated carbocycles. The molecule has 0 bridgehead atoms. The van der Waals surface area contributed by atoms with E-state index in [-0.39, 0.29) is 17.9 Å². The number of nitrogens with one attached hydrogen (secondary N) is 1. The summed E-state index contributed by atoms with van der Waals surface area (Å²) in [7, 11) is -3.87. The quantitative estimate of drug-likeness (QED) is 0.491. The monoisotopic (exact) mass is 315 g/mol. The summed E-state index contributed by atoms with van der Waals surface area (Å²) in [6.45, 7) is 7.18. The molecule has 1 aromatic carbocycles. The molecule has 0 fully saturated rings. The largest absolute Gasteiger partial charge is 0.460 e. The van der Waals surface area contributed by atoms with Crippen molar-refractivity contribution >= 4 is 16.1 Å². The minimum atomic E-state index is -3.87. The molecule has 0 heterocycles. The molecular formula is C14H21NO5S. The van der Waals surface area contributed by atoms with Crippen LogP contribution in [0.25, 0.3) is 0 Å². The summed E-state index contributed by atoms with van der Waals surface area (Å²) in [5, 5.41) is 0. The Morgan fingerprint density at radius 1 is 1.19 bits per heavy atom. The second-order valence-corrected chi connectivity index (χ2v) is 7.13. The van der Waals surface area contributed by atoms with E-state index in [0.717, 1.165) is 5.56 Å². The van der Waals surface area contributed by atoms with E-state index in [1.165, 1.54) is 12.1 Å². The van der Waals surface area contributed by atoms with Crippen molar-refractivity contribution in [2.75, 3.05) is 6.54 Å². The van der Waals surface area contributed by atoms with Crippen LogP contribution in [0.3, 0.4) is 0 Å². The molecule has 21 heavy (non-hydrogen) atoms. The van der Waals surface area contributed by atoms with Gasteiger partial charge in [0.05, 0.1) is 11.3 Å². The van der Waals surface area contributed by atoms with Gasteiger partial charge in [-0.2, -0.15) is 18.2 Å². The summed E-state index contributed by atoms with van der Waals surface area (Å²) in [6, 6.07) is 6.27. The fourth-order valence-electron chi connectivity index (χ4n) is 1.42. The lowest BCUT2D eigenvalue weighted by molar-refractivity contribution is -0.155. The summed E-state index contributed by atoms with van der Waals surface area (Å²) >= 11 is 0. The van der Waals surface area contributed by atoms with Crippen molar-refractivity contribution in [3.63, 3.8) is 0 Å². The first-order valence-electron chi connectivity index (χ1n) is 6.55. The van der Waals surface area contributed by atoms with Crippen LogP contribution in [0.5, 0.6) is 0 Å². The van der Waals surface area contributed by atoms with Crippen LogP contribution in [0.4, 0.5) is 0 Å². The van der Waals surface area contributed by atoms with Gasteiger partial charge in [0.15, 0.2) is 0 Å². The number of hydroxylamine groups is 1. The standard InChI is InChI=1S/C14H21NO5S/c1-11-5-7-12(8-6-11)21(17,18)20-15-10-9-13(16)19-14(2,3)4/h5-8,15H,9-10H2,1-4H3. The fraction of sp³-hybridized carbons (Fsp3) is 0.500. The highest BCUT2D eigenvalue weighted by molar-refractivity contribution is 7.86. The fourth-order valence-corrected chi connectivity index (χ4v) is 2.22. The molecule has 0 aliphatic rings. The second kappa shape index (κ2) is 7.02. The van der Waals surface area contributed by atoms with E-state index in [1.807, 2.05) is 6.92 Å². The Kier molecular flexibility index (Phi) is 5.88. The zero-order valence-corrected chi connectivity index (χ0v) is 13.5. The van der Waals surface area contributed by atoms with Crippen LogP contribution in [0.15, 0.2) is 29.2 Å². The maximum atomic E-state index is 11.8. The van der Waals surface area contributed by atoms with Crippen molar-refractivity contribution < 1.29 is 22.2 Å². The summed E-state index contributed by atoms with van der Waals surface area (Å²) in [5.41, 5.74) is 2.65.